The van der Waals surface area contributed by atoms with Crippen molar-refractivity contribution >= 4 is 5.91 Å². The molecule has 1 amide bonds. The molecule has 1 aromatic carbocycles. The third-order valence-corrected chi connectivity index (χ3v) is 4.31. The molecule has 2 unspecified atom stereocenters. The Balaban J connectivity index is 1.91. The Hall–Kier alpha value is -1.79. The van der Waals surface area contributed by atoms with Crippen LogP contribution in [0.25, 0.3) is 0 Å². The minimum atomic E-state index is -0.574. The summed E-state index contributed by atoms with van der Waals surface area (Å²) in [5.74, 6) is 1.59. The minimum absolute atomic E-state index is 0.0271. The molecule has 0 radical (unpaired) electrons. The van der Waals surface area contributed by atoms with E-state index < -0.39 is 5.54 Å². The summed E-state index contributed by atoms with van der Waals surface area (Å²) in [5, 5.41) is 3.08. The van der Waals surface area contributed by atoms with Gasteiger partial charge in [0.05, 0.1) is 13.2 Å². The van der Waals surface area contributed by atoms with Gasteiger partial charge in [-0.15, -0.1) is 0 Å². The average Bonchev–Trinajstić information content (AvgIpc) is 2.53. The molecule has 0 saturated carbocycles. The summed E-state index contributed by atoms with van der Waals surface area (Å²) >= 11 is 0. The number of rotatable bonds is 4. The van der Waals surface area contributed by atoms with E-state index in [9.17, 15) is 4.79 Å². The van der Waals surface area contributed by atoms with Crippen LogP contribution >= 0.6 is 0 Å². The predicted molar refractivity (Wildman–Crippen MR) is 79.0 cm³/mol. The molecular weight excluding hydrogens is 286 g/mol. The summed E-state index contributed by atoms with van der Waals surface area (Å²) in [6.07, 6.45) is 1.58. The predicted octanol–water partition coefficient (Wildman–Crippen LogP) is 1.27. The lowest BCUT2D eigenvalue weighted by Gasteiger charge is -2.46. The number of ether oxygens (including phenoxy) is 4. The maximum Gasteiger partial charge on any atom is 0.220 e. The Labute approximate surface area is 129 Å². The van der Waals surface area contributed by atoms with Gasteiger partial charge in [0, 0.05) is 25.5 Å². The van der Waals surface area contributed by atoms with Crippen molar-refractivity contribution in [2.45, 2.75) is 30.9 Å². The van der Waals surface area contributed by atoms with E-state index >= 15 is 0 Å². The highest BCUT2D eigenvalue weighted by Gasteiger charge is 2.48. The minimum Gasteiger partial charge on any atom is -0.496 e. The third-order valence-electron chi connectivity index (χ3n) is 4.31. The average molecular weight is 307 g/mol. The molecule has 2 heterocycles. The second-order valence-corrected chi connectivity index (χ2v) is 5.71. The van der Waals surface area contributed by atoms with Crippen LogP contribution in [0.5, 0.6) is 11.5 Å². The molecule has 1 spiro atoms. The number of nitrogens with one attached hydrogen (secondary N) is 1. The number of fused-ring (bicyclic) bond motifs is 1. The first kappa shape index (κ1) is 15.1. The number of hydrogen-bond acceptors (Lipinski definition) is 5. The molecule has 0 aromatic heterocycles. The van der Waals surface area contributed by atoms with E-state index in [1.54, 1.807) is 14.2 Å². The van der Waals surface area contributed by atoms with Gasteiger partial charge in [-0.25, -0.2) is 0 Å². The summed E-state index contributed by atoms with van der Waals surface area (Å²) in [7, 11) is 3.22. The van der Waals surface area contributed by atoms with Crippen LogP contribution < -0.4 is 14.8 Å². The van der Waals surface area contributed by atoms with Gasteiger partial charge in [-0.05, 0) is 18.6 Å². The first-order valence-corrected chi connectivity index (χ1v) is 7.39. The SMILES string of the molecule is COCOC1CCC(=O)NC12COc1cccc(OC)c1C2. The number of carbonyl (C=O) groups is 1. The Morgan fingerprint density at radius 2 is 2.27 bits per heavy atom. The van der Waals surface area contributed by atoms with Crippen molar-refractivity contribution in [3.05, 3.63) is 23.8 Å². The van der Waals surface area contributed by atoms with Crippen molar-refractivity contribution in [1.82, 2.24) is 5.32 Å². The van der Waals surface area contributed by atoms with Crippen molar-refractivity contribution in [3.63, 3.8) is 0 Å². The molecule has 1 aromatic rings. The van der Waals surface area contributed by atoms with Gasteiger partial charge in [-0.3, -0.25) is 4.79 Å². The third kappa shape index (κ3) is 2.64. The second kappa shape index (κ2) is 6.14. The molecule has 1 saturated heterocycles. The van der Waals surface area contributed by atoms with Crippen LogP contribution in [0.2, 0.25) is 0 Å². The monoisotopic (exact) mass is 307 g/mol. The smallest absolute Gasteiger partial charge is 0.220 e. The Morgan fingerprint density at radius 3 is 3.05 bits per heavy atom. The zero-order valence-corrected chi connectivity index (χ0v) is 12.9. The molecule has 1 fully saturated rings. The molecule has 6 heteroatoms. The van der Waals surface area contributed by atoms with Gasteiger partial charge in [0.15, 0.2) is 0 Å². The van der Waals surface area contributed by atoms with Crippen molar-refractivity contribution in [2.75, 3.05) is 27.6 Å². The van der Waals surface area contributed by atoms with Crippen LogP contribution in [0.3, 0.4) is 0 Å². The van der Waals surface area contributed by atoms with Gasteiger partial charge < -0.3 is 24.3 Å². The molecule has 2 aliphatic heterocycles. The number of piperidine rings is 1. The van der Waals surface area contributed by atoms with Gasteiger partial charge in [0.25, 0.3) is 0 Å². The fourth-order valence-electron chi connectivity index (χ4n) is 3.26. The molecule has 120 valence electrons. The first-order chi connectivity index (χ1) is 10.7. The van der Waals surface area contributed by atoms with Crippen LogP contribution in [0.1, 0.15) is 18.4 Å². The number of amides is 1. The van der Waals surface area contributed by atoms with E-state index in [-0.39, 0.29) is 18.8 Å². The maximum absolute atomic E-state index is 11.9. The molecule has 0 bridgehead atoms. The van der Waals surface area contributed by atoms with Crippen LogP contribution in [0.4, 0.5) is 0 Å². The molecule has 22 heavy (non-hydrogen) atoms. The van der Waals surface area contributed by atoms with E-state index in [4.69, 9.17) is 18.9 Å². The highest BCUT2D eigenvalue weighted by Crippen LogP contribution is 2.39. The molecule has 2 aliphatic rings. The molecule has 2 atom stereocenters. The summed E-state index contributed by atoms with van der Waals surface area (Å²) in [4.78, 5) is 11.9. The first-order valence-electron chi connectivity index (χ1n) is 7.39. The number of benzene rings is 1. The lowest BCUT2D eigenvalue weighted by Crippen LogP contribution is -2.66. The standard InChI is InChI=1S/C16H21NO5/c1-19-10-22-14-6-7-15(18)17-16(14)8-11-12(20-2)4-3-5-13(11)21-9-16/h3-5,14H,6-10H2,1-2H3,(H,17,18). The number of hydrogen-bond donors (Lipinski definition) is 1. The van der Waals surface area contributed by atoms with Crippen LogP contribution in [-0.2, 0) is 20.7 Å². The molecule has 1 N–H and O–H groups in total. The van der Waals surface area contributed by atoms with E-state index in [1.807, 2.05) is 18.2 Å². The van der Waals surface area contributed by atoms with Crippen molar-refractivity contribution in [2.24, 2.45) is 0 Å². The fourth-order valence-corrected chi connectivity index (χ4v) is 3.26. The van der Waals surface area contributed by atoms with Gasteiger partial charge in [0.1, 0.15) is 30.4 Å². The number of methoxy groups -OCH3 is 2. The quantitative estimate of drug-likeness (QED) is 0.849. The topological polar surface area (TPSA) is 66.0 Å². The van der Waals surface area contributed by atoms with Crippen LogP contribution in [-0.4, -0.2) is 45.2 Å². The van der Waals surface area contributed by atoms with E-state index in [2.05, 4.69) is 5.32 Å². The molecule has 6 nitrogen and oxygen atoms in total. The van der Waals surface area contributed by atoms with Crippen molar-refractivity contribution < 1.29 is 23.7 Å². The van der Waals surface area contributed by atoms with Crippen LogP contribution in [0, 0.1) is 0 Å². The van der Waals surface area contributed by atoms with Gasteiger partial charge in [0.2, 0.25) is 5.91 Å². The summed E-state index contributed by atoms with van der Waals surface area (Å²) in [6, 6.07) is 5.71. The van der Waals surface area contributed by atoms with Gasteiger partial charge in [-0.1, -0.05) is 6.07 Å². The number of carbonyl (C=O) groups excluding carboxylic acids is 1. The van der Waals surface area contributed by atoms with Crippen molar-refractivity contribution in [1.29, 1.82) is 0 Å². The summed E-state index contributed by atoms with van der Waals surface area (Å²) in [5.41, 5.74) is 0.389. The molecular formula is C16H21NO5. The lowest BCUT2D eigenvalue weighted by atomic mass is 9.79. The Morgan fingerprint density at radius 1 is 1.41 bits per heavy atom. The van der Waals surface area contributed by atoms with Crippen molar-refractivity contribution in [3.8, 4) is 11.5 Å². The highest BCUT2D eigenvalue weighted by atomic mass is 16.7. The van der Waals surface area contributed by atoms with E-state index in [0.717, 1.165) is 17.1 Å². The van der Waals surface area contributed by atoms with Gasteiger partial charge >= 0.3 is 0 Å². The maximum atomic E-state index is 11.9. The Bertz CT molecular complexity index is 547. The van der Waals surface area contributed by atoms with Gasteiger partial charge in [-0.2, -0.15) is 0 Å². The largest absolute Gasteiger partial charge is 0.496 e. The normalized spacial score (nSPS) is 27.0. The summed E-state index contributed by atoms with van der Waals surface area (Å²) in [6.45, 7) is 0.578. The Kier molecular flexibility index (Phi) is 4.22. The lowest BCUT2D eigenvalue weighted by molar-refractivity contribution is -0.148. The van der Waals surface area contributed by atoms with E-state index in [1.165, 1.54) is 0 Å². The summed E-state index contributed by atoms with van der Waals surface area (Å²) < 4.78 is 22.2. The highest BCUT2D eigenvalue weighted by molar-refractivity contribution is 5.78. The second-order valence-electron chi connectivity index (χ2n) is 5.71. The fraction of sp³-hybridized carbons (Fsp3) is 0.562. The van der Waals surface area contributed by atoms with Crippen LogP contribution in [0.15, 0.2) is 18.2 Å². The zero-order chi connectivity index (χ0) is 15.6. The van der Waals surface area contributed by atoms with E-state index in [0.29, 0.717) is 25.9 Å². The molecule has 0 aliphatic carbocycles. The zero-order valence-electron chi connectivity index (χ0n) is 12.9. The molecule has 3 rings (SSSR count).